The van der Waals surface area contributed by atoms with Gasteiger partial charge < -0.3 is 4.52 Å². The van der Waals surface area contributed by atoms with Gasteiger partial charge in [-0.2, -0.15) is 4.98 Å². The fourth-order valence-electron chi connectivity index (χ4n) is 3.91. The minimum Gasteiger partial charge on any atom is -0.338 e. The Balaban J connectivity index is 1.42. The smallest absolute Gasteiger partial charge is 0.241 e. The highest BCUT2D eigenvalue weighted by Crippen LogP contribution is 2.36. The average Bonchev–Trinajstić information content (AvgIpc) is 3.43. The second-order valence-electron chi connectivity index (χ2n) is 6.69. The van der Waals surface area contributed by atoms with Gasteiger partial charge in [0.15, 0.2) is 0 Å². The molecule has 0 aliphatic carbocycles. The van der Waals surface area contributed by atoms with Gasteiger partial charge in [-0.25, -0.2) is 0 Å². The zero-order chi connectivity index (χ0) is 17.3. The summed E-state index contributed by atoms with van der Waals surface area (Å²) in [5, 5.41) is 8.82. The Hall–Kier alpha value is -2.50. The van der Waals surface area contributed by atoms with Crippen LogP contribution >= 0.6 is 11.3 Å². The molecule has 26 heavy (non-hydrogen) atoms. The second-order valence-corrected chi connectivity index (χ2v) is 7.63. The maximum Gasteiger partial charge on any atom is 0.241 e. The summed E-state index contributed by atoms with van der Waals surface area (Å²) in [6.45, 7) is 1.76. The molecule has 0 spiro atoms. The highest BCUT2D eigenvalue weighted by Gasteiger charge is 2.28. The maximum atomic E-state index is 5.53. The van der Waals surface area contributed by atoms with Crippen LogP contribution in [0, 0.1) is 0 Å². The van der Waals surface area contributed by atoms with Crippen molar-refractivity contribution in [2.24, 2.45) is 0 Å². The summed E-state index contributed by atoms with van der Waals surface area (Å²) in [7, 11) is 0. The molecule has 0 bridgehead atoms. The number of nitrogens with zero attached hydrogens (tertiary/aromatic N) is 3. The lowest BCUT2D eigenvalue weighted by Crippen LogP contribution is -2.23. The lowest BCUT2D eigenvalue weighted by Gasteiger charge is -2.24. The van der Waals surface area contributed by atoms with Crippen molar-refractivity contribution in [1.29, 1.82) is 0 Å². The summed E-state index contributed by atoms with van der Waals surface area (Å²) in [5.74, 6) is 1.39. The molecule has 1 atom stereocenters. The van der Waals surface area contributed by atoms with E-state index in [4.69, 9.17) is 4.52 Å². The van der Waals surface area contributed by atoms with Crippen LogP contribution in [-0.4, -0.2) is 21.6 Å². The van der Waals surface area contributed by atoms with Gasteiger partial charge in [0.25, 0.3) is 0 Å². The third kappa shape index (κ3) is 2.83. The van der Waals surface area contributed by atoms with Crippen molar-refractivity contribution < 1.29 is 4.52 Å². The average molecular weight is 361 g/mol. The highest BCUT2D eigenvalue weighted by atomic mass is 32.1. The monoisotopic (exact) mass is 361 g/mol. The molecule has 1 fully saturated rings. The van der Waals surface area contributed by atoms with Crippen LogP contribution in [0.15, 0.2) is 64.5 Å². The number of aromatic nitrogens is 2. The molecule has 2 aromatic heterocycles. The molecule has 4 aromatic rings. The lowest BCUT2D eigenvalue weighted by molar-refractivity contribution is 0.213. The minimum absolute atomic E-state index is 0.401. The Morgan fingerprint density at radius 2 is 2.00 bits per heavy atom. The van der Waals surface area contributed by atoms with E-state index in [-0.39, 0.29) is 0 Å². The maximum absolute atomic E-state index is 5.53. The van der Waals surface area contributed by atoms with Gasteiger partial charge in [-0.05, 0) is 47.2 Å². The third-order valence-electron chi connectivity index (χ3n) is 5.09. The van der Waals surface area contributed by atoms with Crippen molar-refractivity contribution in [3.8, 4) is 10.7 Å². The quantitative estimate of drug-likeness (QED) is 0.495. The van der Waals surface area contributed by atoms with Gasteiger partial charge in [0, 0.05) is 6.04 Å². The molecular weight excluding hydrogens is 342 g/mol. The number of rotatable bonds is 4. The number of hydrogen-bond acceptors (Lipinski definition) is 5. The molecule has 4 nitrogen and oxygen atoms in total. The first-order valence-corrected chi connectivity index (χ1v) is 9.84. The standard InChI is InChI=1S/C21H19N3OS/c1-2-8-16-15(6-1)7-3-9-17(16)18-10-4-12-24(18)14-20-22-21(23-25-20)19-11-5-13-26-19/h1-3,5-9,11,13,18H,4,10,12,14H2/t18-/m1/s1. The van der Waals surface area contributed by atoms with Crippen LogP contribution in [0.25, 0.3) is 21.5 Å². The summed E-state index contributed by atoms with van der Waals surface area (Å²) < 4.78 is 5.53. The minimum atomic E-state index is 0.401. The van der Waals surface area contributed by atoms with E-state index >= 15 is 0 Å². The summed E-state index contributed by atoms with van der Waals surface area (Å²) in [5.41, 5.74) is 1.40. The van der Waals surface area contributed by atoms with E-state index in [1.54, 1.807) is 11.3 Å². The van der Waals surface area contributed by atoms with Gasteiger partial charge in [-0.3, -0.25) is 4.90 Å². The normalized spacial score (nSPS) is 17.9. The van der Waals surface area contributed by atoms with Crippen LogP contribution in [-0.2, 0) is 6.54 Å². The van der Waals surface area contributed by atoms with Crippen molar-refractivity contribution in [3.05, 3.63) is 71.4 Å². The molecule has 1 aliphatic heterocycles. The van der Waals surface area contributed by atoms with Crippen molar-refractivity contribution in [1.82, 2.24) is 15.0 Å². The molecule has 0 N–H and O–H groups in total. The molecule has 0 saturated carbocycles. The van der Waals surface area contributed by atoms with Crippen LogP contribution in [0.3, 0.4) is 0 Å². The summed E-state index contributed by atoms with van der Waals surface area (Å²) >= 11 is 1.63. The largest absolute Gasteiger partial charge is 0.338 e. The van der Waals surface area contributed by atoms with E-state index in [1.165, 1.54) is 29.2 Å². The van der Waals surface area contributed by atoms with E-state index in [9.17, 15) is 0 Å². The fourth-order valence-corrected chi connectivity index (χ4v) is 4.56. The fraction of sp³-hybridized carbons (Fsp3) is 0.238. The Morgan fingerprint density at radius 1 is 1.08 bits per heavy atom. The Morgan fingerprint density at radius 3 is 2.92 bits per heavy atom. The van der Waals surface area contributed by atoms with Gasteiger partial charge in [0.05, 0.1) is 11.4 Å². The number of thiophene rings is 1. The van der Waals surface area contributed by atoms with Crippen LogP contribution in [0.2, 0.25) is 0 Å². The Bertz CT molecular complexity index is 1020. The first kappa shape index (κ1) is 15.7. The molecule has 3 heterocycles. The molecule has 130 valence electrons. The van der Waals surface area contributed by atoms with Crippen molar-refractivity contribution in [2.75, 3.05) is 6.54 Å². The topological polar surface area (TPSA) is 42.2 Å². The molecule has 0 radical (unpaired) electrons. The Labute approximate surface area is 156 Å². The highest BCUT2D eigenvalue weighted by molar-refractivity contribution is 7.13. The predicted molar refractivity (Wildman–Crippen MR) is 104 cm³/mol. The van der Waals surface area contributed by atoms with E-state index in [0.29, 0.717) is 24.3 Å². The number of benzene rings is 2. The van der Waals surface area contributed by atoms with Crippen molar-refractivity contribution >= 4 is 22.1 Å². The van der Waals surface area contributed by atoms with Gasteiger partial charge in [0.2, 0.25) is 11.7 Å². The van der Waals surface area contributed by atoms with Gasteiger partial charge in [-0.1, -0.05) is 53.7 Å². The molecule has 2 aromatic carbocycles. The molecule has 0 unspecified atom stereocenters. The lowest BCUT2D eigenvalue weighted by atomic mass is 9.97. The van der Waals surface area contributed by atoms with Crippen LogP contribution in [0.1, 0.15) is 30.3 Å². The number of likely N-dealkylation sites (tertiary alicyclic amines) is 1. The Kier molecular flexibility index (Phi) is 4.03. The summed E-state index contributed by atoms with van der Waals surface area (Å²) in [4.78, 5) is 8.11. The van der Waals surface area contributed by atoms with E-state index in [2.05, 4.69) is 57.5 Å². The second kappa shape index (κ2) is 6.67. The van der Waals surface area contributed by atoms with E-state index < -0.39 is 0 Å². The van der Waals surface area contributed by atoms with Gasteiger partial charge >= 0.3 is 0 Å². The first-order valence-electron chi connectivity index (χ1n) is 8.97. The van der Waals surface area contributed by atoms with Gasteiger partial charge in [0.1, 0.15) is 0 Å². The van der Waals surface area contributed by atoms with Crippen LogP contribution in [0.5, 0.6) is 0 Å². The summed E-state index contributed by atoms with van der Waals surface area (Å²) in [6, 6.07) is 19.7. The molecule has 0 amide bonds. The molecule has 1 saturated heterocycles. The SMILES string of the molecule is c1csc(-c2noc(CN3CCC[C@@H]3c3cccc4ccccc34)n2)c1. The zero-order valence-electron chi connectivity index (χ0n) is 14.3. The zero-order valence-corrected chi connectivity index (χ0v) is 15.2. The molecule has 5 heteroatoms. The molecule has 5 rings (SSSR count). The predicted octanol–water partition coefficient (Wildman–Crippen LogP) is 5.29. The van der Waals surface area contributed by atoms with Crippen LogP contribution in [0.4, 0.5) is 0 Å². The van der Waals surface area contributed by atoms with Crippen molar-refractivity contribution in [2.45, 2.75) is 25.4 Å². The van der Waals surface area contributed by atoms with Crippen molar-refractivity contribution in [3.63, 3.8) is 0 Å². The number of fused-ring (bicyclic) bond motifs is 1. The van der Waals surface area contributed by atoms with Gasteiger partial charge in [-0.15, -0.1) is 11.3 Å². The van der Waals surface area contributed by atoms with E-state index in [0.717, 1.165) is 11.4 Å². The van der Waals surface area contributed by atoms with E-state index in [1.807, 2.05) is 17.5 Å². The molecular formula is C21H19N3OS. The third-order valence-corrected chi connectivity index (χ3v) is 5.96. The van der Waals surface area contributed by atoms with Crippen LogP contribution < -0.4 is 0 Å². The number of hydrogen-bond donors (Lipinski definition) is 0. The summed E-state index contributed by atoms with van der Waals surface area (Å²) in [6.07, 6.45) is 2.36. The molecule has 1 aliphatic rings. The first-order chi connectivity index (χ1) is 12.9.